The van der Waals surface area contributed by atoms with E-state index in [1.54, 1.807) is 0 Å². The van der Waals surface area contributed by atoms with Crippen molar-refractivity contribution in [2.45, 2.75) is 0 Å². The van der Waals surface area contributed by atoms with E-state index in [0.29, 0.717) is 0 Å². The van der Waals surface area contributed by atoms with Crippen molar-refractivity contribution in [3.8, 4) is 11.1 Å². The van der Waals surface area contributed by atoms with Crippen molar-refractivity contribution in [3.05, 3.63) is 54.6 Å². The van der Waals surface area contributed by atoms with Crippen LogP contribution in [0.15, 0.2) is 54.6 Å². The monoisotopic (exact) mass is 346 g/mol. The molecule has 0 aliphatic rings. The van der Waals surface area contributed by atoms with Crippen LogP contribution in [0.25, 0.3) is 11.1 Å². The van der Waals surface area contributed by atoms with Gasteiger partial charge in [0, 0.05) is 0 Å². The molecule has 0 atom stereocenters. The van der Waals surface area contributed by atoms with E-state index in [4.69, 9.17) is 0 Å². The van der Waals surface area contributed by atoms with E-state index >= 15 is 0 Å². The molecule has 2 aromatic rings. The molecule has 1 heteroatoms. The molecule has 0 nitrogen and oxygen atoms in total. The molecule has 0 N–H and O–H groups in total. The molecule has 2 aromatic carbocycles. The Bertz CT molecular complexity index is 376. The van der Waals surface area contributed by atoms with Gasteiger partial charge >= 0.3 is 88.7 Å². The summed E-state index contributed by atoms with van der Waals surface area (Å²) >= 11 is 2.11. The first-order valence-electron chi connectivity index (χ1n) is 4.15. The van der Waals surface area contributed by atoms with Gasteiger partial charge in [-0.05, 0) is 0 Å². The molecular weight excluding hydrogens is 336 g/mol. The fourth-order valence-corrected chi connectivity index (χ4v) is 1.66. The van der Waals surface area contributed by atoms with Crippen molar-refractivity contribution in [3.63, 3.8) is 0 Å². The molecule has 0 aliphatic heterocycles. The quantitative estimate of drug-likeness (QED) is 0.745. The fourth-order valence-electron chi connectivity index (χ4n) is 1.27. The van der Waals surface area contributed by atoms with Crippen LogP contribution < -0.4 is 4.08 Å². The van der Waals surface area contributed by atoms with Crippen LogP contribution in [0, 0.1) is 0 Å². The third-order valence-electron chi connectivity index (χ3n) is 1.94. The molecule has 0 bridgehead atoms. The van der Waals surface area contributed by atoms with Gasteiger partial charge in [-0.25, -0.2) is 0 Å². The summed E-state index contributed by atoms with van der Waals surface area (Å²) < 4.78 is 1.31. The molecule has 0 saturated carbocycles. The van der Waals surface area contributed by atoms with Crippen LogP contribution in [-0.4, -0.2) is 0 Å². The first-order chi connectivity index (χ1) is 6.36. The van der Waals surface area contributed by atoms with E-state index in [9.17, 15) is 0 Å². The first kappa shape index (κ1) is 8.68. The van der Waals surface area contributed by atoms with Gasteiger partial charge in [0.15, 0.2) is 0 Å². The van der Waals surface area contributed by atoms with Gasteiger partial charge in [0.1, 0.15) is 0 Å². The van der Waals surface area contributed by atoms with E-state index in [2.05, 4.69) is 67.4 Å². The molecule has 64 valence electrons. The van der Waals surface area contributed by atoms with Gasteiger partial charge in [0.25, 0.3) is 0 Å². The zero-order chi connectivity index (χ0) is 9.10. The SMILES string of the molecule is [Ir+2][c]1ccc(-c2ccccc2)cc1. The molecular formula is C12H9Ir+2. The van der Waals surface area contributed by atoms with Gasteiger partial charge in [0.05, 0.1) is 0 Å². The van der Waals surface area contributed by atoms with Crippen molar-refractivity contribution >= 4 is 4.08 Å². The molecule has 0 aliphatic carbocycles. The second kappa shape index (κ2) is 3.87. The van der Waals surface area contributed by atoms with Gasteiger partial charge < -0.3 is 0 Å². The van der Waals surface area contributed by atoms with Crippen LogP contribution in [0.5, 0.6) is 0 Å². The van der Waals surface area contributed by atoms with Gasteiger partial charge in [0.2, 0.25) is 0 Å². The zero-order valence-electron chi connectivity index (χ0n) is 7.03. The van der Waals surface area contributed by atoms with Crippen LogP contribution in [0.3, 0.4) is 0 Å². The molecule has 0 aromatic heterocycles. The van der Waals surface area contributed by atoms with Gasteiger partial charge in [-0.1, -0.05) is 0 Å². The third-order valence-corrected chi connectivity index (χ3v) is 2.73. The molecule has 0 amide bonds. The predicted molar refractivity (Wildman–Crippen MR) is 51.5 cm³/mol. The van der Waals surface area contributed by atoms with E-state index in [1.165, 1.54) is 15.2 Å². The van der Waals surface area contributed by atoms with Crippen LogP contribution in [-0.2, 0) is 18.9 Å². The molecule has 0 saturated heterocycles. The Morgan fingerprint density at radius 2 is 1.15 bits per heavy atom. The Morgan fingerprint density at radius 3 is 1.77 bits per heavy atom. The summed E-state index contributed by atoms with van der Waals surface area (Å²) in [4.78, 5) is 0. The van der Waals surface area contributed by atoms with Crippen molar-refractivity contribution < 1.29 is 18.9 Å². The number of hydrogen-bond acceptors (Lipinski definition) is 0. The second-order valence-corrected chi connectivity index (χ2v) is 4.23. The van der Waals surface area contributed by atoms with E-state index in [-0.39, 0.29) is 0 Å². The van der Waals surface area contributed by atoms with E-state index in [1.807, 2.05) is 6.07 Å². The number of hydrogen-bond donors (Lipinski definition) is 0. The molecule has 0 unspecified atom stereocenters. The van der Waals surface area contributed by atoms with Crippen LogP contribution in [0.1, 0.15) is 0 Å². The summed E-state index contributed by atoms with van der Waals surface area (Å²) in [5.74, 6) is 0. The topological polar surface area (TPSA) is 0 Å². The Kier molecular flexibility index (Phi) is 2.58. The van der Waals surface area contributed by atoms with Crippen LogP contribution >= 0.6 is 0 Å². The van der Waals surface area contributed by atoms with Crippen LogP contribution in [0.4, 0.5) is 0 Å². The van der Waals surface area contributed by atoms with Crippen molar-refractivity contribution in [2.24, 2.45) is 0 Å². The van der Waals surface area contributed by atoms with Gasteiger partial charge in [-0.2, -0.15) is 0 Å². The predicted octanol–water partition coefficient (Wildman–Crippen LogP) is 2.53. The van der Waals surface area contributed by atoms with Gasteiger partial charge in [-0.3, -0.25) is 0 Å². The zero-order valence-corrected chi connectivity index (χ0v) is 9.42. The van der Waals surface area contributed by atoms with Crippen molar-refractivity contribution in [1.29, 1.82) is 0 Å². The molecule has 0 fully saturated rings. The Labute approximate surface area is 88.8 Å². The first-order valence-corrected chi connectivity index (χ1v) is 5.35. The average molecular weight is 345 g/mol. The minimum atomic E-state index is 1.28. The second-order valence-electron chi connectivity index (χ2n) is 2.85. The Morgan fingerprint density at radius 1 is 0.615 bits per heavy atom. The minimum absolute atomic E-state index is 1.28. The standard InChI is InChI=1S/C12H9.Ir/c1-3-7-11(8-4-1)12-9-5-2-6-10-12;/h1,3-10H;/q;+2. The molecule has 0 heterocycles. The number of benzene rings is 2. The van der Waals surface area contributed by atoms with Crippen LogP contribution in [0.2, 0.25) is 0 Å². The maximum atomic E-state index is 2.16. The molecule has 0 radical (unpaired) electrons. The number of rotatable bonds is 1. The molecule has 0 spiro atoms. The fraction of sp³-hybridized carbons (Fsp3) is 0. The maximum absolute atomic E-state index is 2.16. The Balaban J connectivity index is 2.42. The van der Waals surface area contributed by atoms with Gasteiger partial charge in [-0.15, -0.1) is 0 Å². The summed E-state index contributed by atoms with van der Waals surface area (Å²) in [7, 11) is 0. The average Bonchev–Trinajstić information content (AvgIpc) is 2.20. The molecule has 2 rings (SSSR count). The summed E-state index contributed by atoms with van der Waals surface area (Å²) in [6, 6.07) is 19.0. The van der Waals surface area contributed by atoms with Crippen molar-refractivity contribution in [1.82, 2.24) is 0 Å². The summed E-state index contributed by atoms with van der Waals surface area (Å²) in [5.41, 5.74) is 2.56. The normalized spacial score (nSPS) is 9.92. The summed E-state index contributed by atoms with van der Waals surface area (Å²) in [6.45, 7) is 0. The Hall–Kier alpha value is -0.911. The van der Waals surface area contributed by atoms with E-state index in [0.717, 1.165) is 0 Å². The molecule has 13 heavy (non-hydrogen) atoms. The van der Waals surface area contributed by atoms with E-state index < -0.39 is 0 Å². The summed E-state index contributed by atoms with van der Waals surface area (Å²) in [6.07, 6.45) is 0. The van der Waals surface area contributed by atoms with Crippen molar-refractivity contribution in [2.75, 3.05) is 0 Å². The third kappa shape index (κ3) is 2.06. The summed E-state index contributed by atoms with van der Waals surface area (Å²) in [5, 5.41) is 0.